The van der Waals surface area contributed by atoms with E-state index in [1.165, 1.54) is 0 Å². The van der Waals surface area contributed by atoms with E-state index in [2.05, 4.69) is 34.4 Å². The van der Waals surface area contributed by atoms with Gasteiger partial charge in [0.2, 0.25) is 0 Å². The smallest absolute Gasteiger partial charge is 0.354 e. The Morgan fingerprint density at radius 1 is 1.32 bits per heavy atom. The standard InChI is InChI=1S/C20H27N7O/c1-3-16-11-15-12-27(20(28)26-18(15)25-16)17-7-5-14(6-8-17)13(2)23-9-4-10-24-19(21)22/h5-8,11-13,23H,3-4,9-10H2,1-2H3,(H4,21,22,24)(H,25,26,28)/t13-/m0/s1. The van der Waals surface area contributed by atoms with E-state index in [-0.39, 0.29) is 17.7 Å². The molecule has 0 fully saturated rings. The van der Waals surface area contributed by atoms with Gasteiger partial charge in [-0.05, 0) is 50.1 Å². The highest BCUT2D eigenvalue weighted by molar-refractivity contribution is 5.75. The predicted octanol–water partition coefficient (Wildman–Crippen LogP) is 1.80. The Bertz CT molecular complexity index is 1000. The molecule has 2 heterocycles. The molecule has 148 valence electrons. The first kappa shape index (κ1) is 19.6. The molecule has 0 aliphatic heterocycles. The number of H-pyrrole nitrogens is 1. The van der Waals surface area contributed by atoms with Crippen LogP contribution in [0.15, 0.2) is 41.3 Å². The normalized spacial score (nSPS) is 12.2. The molecule has 0 spiro atoms. The van der Waals surface area contributed by atoms with Crippen LogP contribution in [0.25, 0.3) is 16.7 Å². The summed E-state index contributed by atoms with van der Waals surface area (Å²) in [6.07, 6.45) is 3.58. The molecule has 0 bridgehead atoms. The molecule has 0 aliphatic rings. The second kappa shape index (κ2) is 8.71. The highest BCUT2D eigenvalue weighted by Crippen LogP contribution is 2.17. The van der Waals surface area contributed by atoms with E-state index >= 15 is 0 Å². The molecular weight excluding hydrogens is 354 g/mol. The lowest BCUT2D eigenvalue weighted by molar-refractivity contribution is 0.555. The average molecular weight is 381 g/mol. The number of aromatic nitrogens is 3. The van der Waals surface area contributed by atoms with Gasteiger partial charge in [0.1, 0.15) is 5.65 Å². The minimum atomic E-state index is -0.297. The number of hydrogen-bond donors (Lipinski definition) is 5. The quantitative estimate of drug-likeness (QED) is 0.231. The van der Waals surface area contributed by atoms with Crippen LogP contribution in [0.1, 0.15) is 37.6 Å². The van der Waals surface area contributed by atoms with Crippen LogP contribution < -0.4 is 22.1 Å². The summed E-state index contributed by atoms with van der Waals surface area (Å²) in [7, 11) is 0. The summed E-state index contributed by atoms with van der Waals surface area (Å²) in [4.78, 5) is 19.7. The van der Waals surface area contributed by atoms with Gasteiger partial charge < -0.3 is 21.4 Å². The summed E-state index contributed by atoms with van der Waals surface area (Å²) in [5.74, 6) is -0.00267. The molecule has 28 heavy (non-hydrogen) atoms. The minimum Gasteiger partial charge on any atom is -0.370 e. The van der Waals surface area contributed by atoms with E-state index in [4.69, 9.17) is 11.1 Å². The fourth-order valence-corrected chi connectivity index (χ4v) is 3.10. The topological polar surface area (TPSA) is 125 Å². The van der Waals surface area contributed by atoms with Crippen LogP contribution in [0.5, 0.6) is 0 Å². The highest BCUT2D eigenvalue weighted by Gasteiger charge is 2.09. The zero-order valence-corrected chi connectivity index (χ0v) is 16.2. The molecule has 8 nitrogen and oxygen atoms in total. The Balaban J connectivity index is 1.68. The summed E-state index contributed by atoms with van der Waals surface area (Å²) < 4.78 is 1.57. The minimum absolute atomic E-state index is 0.00267. The Morgan fingerprint density at radius 2 is 2.07 bits per heavy atom. The van der Waals surface area contributed by atoms with E-state index < -0.39 is 0 Å². The fourth-order valence-electron chi connectivity index (χ4n) is 3.10. The summed E-state index contributed by atoms with van der Waals surface area (Å²) in [5, 5.41) is 14.3. The Kier molecular flexibility index (Phi) is 6.10. The van der Waals surface area contributed by atoms with Crippen molar-refractivity contribution in [1.29, 1.82) is 5.41 Å². The Morgan fingerprint density at radius 3 is 2.75 bits per heavy atom. The van der Waals surface area contributed by atoms with Gasteiger partial charge in [-0.15, -0.1) is 0 Å². The lowest BCUT2D eigenvalue weighted by Gasteiger charge is -2.15. The van der Waals surface area contributed by atoms with Crippen molar-refractivity contribution in [2.24, 2.45) is 5.73 Å². The Hall–Kier alpha value is -3.13. The number of nitrogens with two attached hydrogens (primary N) is 1. The third kappa shape index (κ3) is 4.58. The summed E-state index contributed by atoms with van der Waals surface area (Å²) >= 11 is 0. The Labute approximate surface area is 163 Å². The lowest BCUT2D eigenvalue weighted by Crippen LogP contribution is -2.32. The third-order valence-corrected chi connectivity index (χ3v) is 4.74. The predicted molar refractivity (Wildman–Crippen MR) is 112 cm³/mol. The maximum Gasteiger partial charge on any atom is 0.354 e. The van der Waals surface area contributed by atoms with E-state index in [1.54, 1.807) is 4.57 Å². The van der Waals surface area contributed by atoms with Crippen LogP contribution in [0.2, 0.25) is 0 Å². The molecule has 0 radical (unpaired) electrons. The van der Waals surface area contributed by atoms with Crippen LogP contribution in [0, 0.1) is 5.41 Å². The third-order valence-electron chi connectivity index (χ3n) is 4.74. The number of fused-ring (bicyclic) bond motifs is 1. The van der Waals surface area contributed by atoms with Gasteiger partial charge in [-0.2, -0.15) is 4.98 Å². The number of aromatic amines is 1. The molecule has 3 rings (SSSR count). The molecule has 1 aromatic carbocycles. The van der Waals surface area contributed by atoms with E-state index in [0.717, 1.165) is 41.7 Å². The number of guanidine groups is 1. The maximum atomic E-state index is 12.4. The summed E-state index contributed by atoms with van der Waals surface area (Å²) in [5.41, 5.74) is 8.59. The van der Waals surface area contributed by atoms with Gasteiger partial charge in [0.05, 0.1) is 5.69 Å². The molecule has 0 amide bonds. The number of hydrogen-bond acceptors (Lipinski definition) is 4. The molecule has 8 heteroatoms. The first-order valence-electron chi connectivity index (χ1n) is 9.51. The molecule has 0 unspecified atom stereocenters. The number of aryl methyl sites for hydroxylation is 1. The van der Waals surface area contributed by atoms with Crippen molar-refractivity contribution < 1.29 is 0 Å². The molecular formula is C20H27N7O. The van der Waals surface area contributed by atoms with Gasteiger partial charge in [-0.1, -0.05) is 19.1 Å². The fraction of sp³-hybridized carbons (Fsp3) is 0.350. The van der Waals surface area contributed by atoms with Crippen LogP contribution in [0.4, 0.5) is 0 Å². The van der Waals surface area contributed by atoms with Gasteiger partial charge in [0.25, 0.3) is 0 Å². The largest absolute Gasteiger partial charge is 0.370 e. The number of nitrogens with zero attached hydrogens (tertiary/aromatic N) is 2. The van der Waals surface area contributed by atoms with E-state index in [0.29, 0.717) is 12.2 Å². The van der Waals surface area contributed by atoms with Crippen molar-refractivity contribution in [2.75, 3.05) is 13.1 Å². The lowest BCUT2D eigenvalue weighted by atomic mass is 10.1. The molecule has 1 atom stereocenters. The second-order valence-electron chi connectivity index (χ2n) is 6.81. The van der Waals surface area contributed by atoms with Crippen LogP contribution in [0.3, 0.4) is 0 Å². The number of nitrogens with one attached hydrogen (secondary N) is 4. The second-order valence-corrected chi connectivity index (χ2v) is 6.81. The summed E-state index contributed by atoms with van der Waals surface area (Å²) in [6.45, 7) is 5.64. The van der Waals surface area contributed by atoms with Crippen molar-refractivity contribution in [3.8, 4) is 5.69 Å². The molecule has 2 aromatic heterocycles. The number of rotatable bonds is 8. The van der Waals surface area contributed by atoms with Crippen molar-refractivity contribution in [1.82, 2.24) is 25.2 Å². The molecule has 0 aliphatic carbocycles. The highest BCUT2D eigenvalue weighted by atomic mass is 16.1. The zero-order valence-electron chi connectivity index (χ0n) is 16.2. The van der Waals surface area contributed by atoms with Gasteiger partial charge in [0.15, 0.2) is 5.96 Å². The van der Waals surface area contributed by atoms with E-state index in [9.17, 15) is 4.79 Å². The van der Waals surface area contributed by atoms with Crippen molar-refractivity contribution in [2.45, 2.75) is 32.7 Å². The van der Waals surface area contributed by atoms with Crippen LogP contribution in [-0.2, 0) is 6.42 Å². The molecule has 0 saturated heterocycles. The van der Waals surface area contributed by atoms with Crippen LogP contribution in [-0.4, -0.2) is 33.6 Å². The van der Waals surface area contributed by atoms with Crippen molar-refractivity contribution >= 4 is 17.0 Å². The van der Waals surface area contributed by atoms with Gasteiger partial charge >= 0.3 is 5.69 Å². The van der Waals surface area contributed by atoms with Crippen molar-refractivity contribution in [3.63, 3.8) is 0 Å². The molecule has 0 saturated carbocycles. The zero-order chi connectivity index (χ0) is 20.1. The number of benzene rings is 1. The first-order chi connectivity index (χ1) is 13.5. The van der Waals surface area contributed by atoms with Gasteiger partial charge in [-0.3, -0.25) is 9.98 Å². The van der Waals surface area contributed by atoms with Crippen molar-refractivity contribution in [3.05, 3.63) is 58.3 Å². The average Bonchev–Trinajstić information content (AvgIpc) is 3.08. The van der Waals surface area contributed by atoms with Gasteiger partial charge in [-0.25, -0.2) is 4.79 Å². The first-order valence-corrected chi connectivity index (χ1v) is 9.51. The van der Waals surface area contributed by atoms with E-state index in [1.807, 2.05) is 36.5 Å². The molecule has 6 N–H and O–H groups in total. The SMILES string of the molecule is CCc1cc2cn(-c3ccc([C@H](C)NCCCNC(=N)N)cc3)c(=O)nc2[nH]1. The maximum absolute atomic E-state index is 12.4. The summed E-state index contributed by atoms with van der Waals surface area (Å²) in [6, 6.07) is 10.1. The van der Waals surface area contributed by atoms with Gasteiger partial charge in [0, 0.05) is 29.9 Å². The van der Waals surface area contributed by atoms with Crippen LogP contribution >= 0.6 is 0 Å². The molecule has 3 aromatic rings. The monoisotopic (exact) mass is 381 g/mol.